The fourth-order valence-electron chi connectivity index (χ4n) is 1.79. The molecule has 0 saturated carbocycles. The van der Waals surface area contributed by atoms with E-state index in [0.29, 0.717) is 12.4 Å². The van der Waals surface area contributed by atoms with Crippen molar-refractivity contribution in [2.75, 3.05) is 38.2 Å². The zero-order valence-corrected chi connectivity index (χ0v) is 11.3. The van der Waals surface area contributed by atoms with Crippen molar-refractivity contribution in [2.45, 2.75) is 0 Å². The number of carbonyl (C=O) groups is 1. The summed E-state index contributed by atoms with van der Waals surface area (Å²) in [7, 11) is 1.79. The average molecular weight is 304 g/mol. The molecule has 7 heteroatoms. The lowest BCUT2D eigenvalue weighted by Crippen LogP contribution is -3.15. The van der Waals surface area contributed by atoms with Crippen molar-refractivity contribution in [1.29, 1.82) is 0 Å². The van der Waals surface area contributed by atoms with E-state index in [4.69, 9.17) is 4.74 Å². The van der Waals surface area contributed by atoms with Crippen molar-refractivity contribution in [3.8, 4) is 0 Å². The molecular formula is C10H16BrN4O2+. The zero-order valence-electron chi connectivity index (χ0n) is 9.70. The number of anilines is 1. The molecule has 1 aliphatic rings. The van der Waals surface area contributed by atoms with E-state index in [1.165, 1.54) is 4.90 Å². The van der Waals surface area contributed by atoms with Gasteiger partial charge in [0.25, 0.3) is 5.91 Å². The number of ether oxygens (including phenoxy) is 1. The highest BCUT2D eigenvalue weighted by atomic mass is 79.9. The topological polar surface area (TPSA) is 60.6 Å². The van der Waals surface area contributed by atoms with Gasteiger partial charge in [0.1, 0.15) is 18.9 Å². The minimum absolute atomic E-state index is 0.00574. The van der Waals surface area contributed by atoms with Gasteiger partial charge in [0.05, 0.1) is 23.9 Å². The summed E-state index contributed by atoms with van der Waals surface area (Å²) in [6.07, 6.45) is 1.66. The zero-order chi connectivity index (χ0) is 12.3. The summed E-state index contributed by atoms with van der Waals surface area (Å²) in [5.41, 5.74) is 0. The molecule has 0 bridgehead atoms. The number of nitrogens with zero attached hydrogens (tertiary/aromatic N) is 2. The van der Waals surface area contributed by atoms with E-state index in [1.807, 2.05) is 0 Å². The second-order valence-corrected chi connectivity index (χ2v) is 4.91. The first kappa shape index (κ1) is 12.5. The Bertz CT molecular complexity index is 382. The second kappa shape index (κ2) is 5.61. The Morgan fingerprint density at radius 3 is 2.94 bits per heavy atom. The quantitative estimate of drug-likeness (QED) is 0.756. The fraction of sp³-hybridized carbons (Fsp3) is 0.600. The van der Waals surface area contributed by atoms with Crippen LogP contribution in [0.4, 0.5) is 5.82 Å². The highest BCUT2D eigenvalue weighted by Gasteiger charge is 2.19. The molecule has 1 saturated heterocycles. The summed E-state index contributed by atoms with van der Waals surface area (Å²) < 4.78 is 7.68. The molecule has 0 aromatic carbocycles. The number of quaternary nitrogens is 1. The Labute approximate surface area is 108 Å². The number of morpholine rings is 1. The molecule has 2 N–H and O–H groups in total. The summed E-state index contributed by atoms with van der Waals surface area (Å²) in [4.78, 5) is 13.1. The van der Waals surface area contributed by atoms with Crippen LogP contribution in [-0.4, -0.2) is 48.5 Å². The van der Waals surface area contributed by atoms with Crippen molar-refractivity contribution >= 4 is 27.7 Å². The van der Waals surface area contributed by atoms with E-state index in [9.17, 15) is 4.79 Å². The molecule has 2 heterocycles. The molecule has 1 fully saturated rings. The van der Waals surface area contributed by atoms with Gasteiger partial charge in [0, 0.05) is 7.05 Å². The minimum atomic E-state index is 0.00574. The van der Waals surface area contributed by atoms with Crippen molar-refractivity contribution in [3.05, 3.63) is 10.7 Å². The van der Waals surface area contributed by atoms with Crippen molar-refractivity contribution in [2.24, 2.45) is 7.05 Å². The number of carbonyl (C=O) groups excluding carboxylic acids is 1. The number of aryl methyl sites for hydroxylation is 1. The molecule has 1 aromatic heterocycles. The third kappa shape index (κ3) is 3.27. The van der Waals surface area contributed by atoms with E-state index >= 15 is 0 Å². The molecule has 0 unspecified atom stereocenters. The van der Waals surface area contributed by atoms with Crippen LogP contribution < -0.4 is 10.2 Å². The van der Waals surface area contributed by atoms with Crippen LogP contribution in [0.25, 0.3) is 0 Å². The maximum atomic E-state index is 11.8. The maximum absolute atomic E-state index is 11.8. The van der Waals surface area contributed by atoms with Crippen LogP contribution in [0.5, 0.6) is 0 Å². The van der Waals surface area contributed by atoms with Gasteiger partial charge in [0.15, 0.2) is 6.54 Å². The molecule has 1 aromatic rings. The van der Waals surface area contributed by atoms with Gasteiger partial charge in [-0.15, -0.1) is 0 Å². The molecule has 1 amide bonds. The van der Waals surface area contributed by atoms with Crippen LogP contribution in [0.2, 0.25) is 0 Å². The van der Waals surface area contributed by atoms with E-state index in [0.717, 1.165) is 30.8 Å². The fourth-order valence-corrected chi connectivity index (χ4v) is 2.24. The lowest BCUT2D eigenvalue weighted by Gasteiger charge is -2.23. The molecule has 94 valence electrons. The Balaban J connectivity index is 1.88. The van der Waals surface area contributed by atoms with Gasteiger partial charge in [-0.05, 0) is 15.9 Å². The predicted octanol–water partition coefficient (Wildman–Crippen LogP) is -0.964. The van der Waals surface area contributed by atoms with Crippen LogP contribution in [0.3, 0.4) is 0 Å². The molecule has 0 atom stereocenters. The Morgan fingerprint density at radius 2 is 2.35 bits per heavy atom. The molecule has 1 aliphatic heterocycles. The largest absolute Gasteiger partial charge is 0.370 e. The number of rotatable bonds is 3. The van der Waals surface area contributed by atoms with Gasteiger partial charge in [-0.25, -0.2) is 0 Å². The average Bonchev–Trinajstić information content (AvgIpc) is 2.62. The van der Waals surface area contributed by atoms with Gasteiger partial charge < -0.3 is 15.0 Å². The van der Waals surface area contributed by atoms with E-state index < -0.39 is 0 Å². The predicted molar refractivity (Wildman–Crippen MR) is 65.9 cm³/mol. The highest BCUT2D eigenvalue weighted by molar-refractivity contribution is 9.10. The number of aromatic nitrogens is 2. The molecule has 17 heavy (non-hydrogen) atoms. The summed E-state index contributed by atoms with van der Waals surface area (Å²) >= 11 is 3.35. The number of hydrogen-bond donors (Lipinski definition) is 2. The van der Waals surface area contributed by atoms with Crippen LogP contribution in [0.1, 0.15) is 0 Å². The minimum Gasteiger partial charge on any atom is -0.370 e. The van der Waals surface area contributed by atoms with Crippen LogP contribution >= 0.6 is 15.9 Å². The second-order valence-electron chi connectivity index (χ2n) is 4.05. The first-order valence-corrected chi connectivity index (χ1v) is 6.35. The smallest absolute Gasteiger partial charge is 0.280 e. The lowest BCUT2D eigenvalue weighted by atomic mass is 10.4. The first-order chi connectivity index (χ1) is 8.16. The lowest BCUT2D eigenvalue weighted by molar-refractivity contribution is -0.899. The summed E-state index contributed by atoms with van der Waals surface area (Å²) in [6.45, 7) is 3.72. The van der Waals surface area contributed by atoms with Crippen molar-refractivity contribution < 1.29 is 14.4 Å². The van der Waals surface area contributed by atoms with Crippen LogP contribution in [0.15, 0.2) is 10.7 Å². The van der Waals surface area contributed by atoms with Crippen molar-refractivity contribution in [1.82, 2.24) is 9.78 Å². The third-order valence-electron chi connectivity index (χ3n) is 2.76. The maximum Gasteiger partial charge on any atom is 0.280 e. The van der Waals surface area contributed by atoms with Gasteiger partial charge in [-0.1, -0.05) is 0 Å². The summed E-state index contributed by atoms with van der Waals surface area (Å²) in [5, 5.41) is 6.90. The monoisotopic (exact) mass is 303 g/mol. The Morgan fingerprint density at radius 1 is 1.65 bits per heavy atom. The number of halogens is 1. The normalized spacial score (nSPS) is 17.1. The molecule has 6 nitrogen and oxygen atoms in total. The van der Waals surface area contributed by atoms with Crippen LogP contribution in [0, 0.1) is 0 Å². The Kier molecular flexibility index (Phi) is 4.14. The van der Waals surface area contributed by atoms with Gasteiger partial charge in [0.2, 0.25) is 0 Å². The molecule has 0 aliphatic carbocycles. The number of hydrogen-bond acceptors (Lipinski definition) is 3. The molecular weight excluding hydrogens is 288 g/mol. The Hall–Kier alpha value is -0.920. The third-order valence-corrected chi connectivity index (χ3v) is 3.34. The molecule has 0 radical (unpaired) electrons. The standard InChI is InChI=1S/C10H15BrN4O2/c1-14-10(8(11)6-12-14)13-9(16)7-15-2-4-17-5-3-15/h6H,2-5,7H2,1H3,(H,13,16)/p+1. The number of nitrogens with one attached hydrogen (secondary N) is 2. The highest BCUT2D eigenvalue weighted by Crippen LogP contribution is 2.19. The van der Waals surface area contributed by atoms with E-state index in [2.05, 4.69) is 26.3 Å². The van der Waals surface area contributed by atoms with E-state index in [1.54, 1.807) is 17.9 Å². The van der Waals surface area contributed by atoms with Gasteiger partial charge in [-0.2, -0.15) is 5.10 Å². The summed E-state index contributed by atoms with van der Waals surface area (Å²) in [6, 6.07) is 0. The van der Waals surface area contributed by atoms with Crippen molar-refractivity contribution in [3.63, 3.8) is 0 Å². The summed E-state index contributed by atoms with van der Waals surface area (Å²) in [5.74, 6) is 0.703. The van der Waals surface area contributed by atoms with E-state index in [-0.39, 0.29) is 5.91 Å². The van der Waals surface area contributed by atoms with Gasteiger partial charge in [-0.3, -0.25) is 9.48 Å². The molecule has 2 rings (SSSR count). The van der Waals surface area contributed by atoms with Crippen LogP contribution in [-0.2, 0) is 16.6 Å². The SMILES string of the molecule is Cn1ncc(Br)c1NC(=O)C[NH+]1CCOCC1. The first-order valence-electron chi connectivity index (χ1n) is 5.55. The van der Waals surface area contributed by atoms with Gasteiger partial charge >= 0.3 is 0 Å². The number of amides is 1. The molecule has 0 spiro atoms.